The number of benzene rings is 2. The van der Waals surface area contributed by atoms with Crippen LogP contribution in [0.25, 0.3) is 10.9 Å². The van der Waals surface area contributed by atoms with Crippen LogP contribution in [0.5, 0.6) is 11.5 Å². The maximum atomic E-state index is 14.0. The Hall–Kier alpha value is -3.48. The Morgan fingerprint density at radius 3 is 2.48 bits per heavy atom. The van der Waals surface area contributed by atoms with Gasteiger partial charge >= 0.3 is 0 Å². The number of para-hydroxylation sites is 1. The Morgan fingerprint density at radius 1 is 1.03 bits per heavy atom. The van der Waals surface area contributed by atoms with Gasteiger partial charge in [0.25, 0.3) is 5.91 Å². The molecular formula is C26H29N3O4. The van der Waals surface area contributed by atoms with Gasteiger partial charge < -0.3 is 19.4 Å². The third-order valence-electron chi connectivity index (χ3n) is 7.00. The largest absolute Gasteiger partial charge is 0.493 e. The normalized spacial score (nSPS) is 20.7. The van der Waals surface area contributed by atoms with Crippen LogP contribution in [0, 0.1) is 0 Å². The van der Waals surface area contributed by atoms with E-state index in [0.29, 0.717) is 29.4 Å². The topological polar surface area (TPSA) is 72.8 Å². The highest BCUT2D eigenvalue weighted by Gasteiger charge is 2.49. The van der Waals surface area contributed by atoms with Gasteiger partial charge in [0, 0.05) is 28.7 Å². The van der Waals surface area contributed by atoms with Crippen LogP contribution in [0.4, 0.5) is 5.69 Å². The Labute approximate surface area is 193 Å². The molecule has 0 radical (unpaired) electrons. The molecule has 2 aromatic carbocycles. The zero-order valence-electron chi connectivity index (χ0n) is 19.3. The summed E-state index contributed by atoms with van der Waals surface area (Å²) < 4.78 is 12.8. The molecule has 7 heteroatoms. The van der Waals surface area contributed by atoms with Crippen LogP contribution in [0.1, 0.15) is 43.1 Å². The minimum absolute atomic E-state index is 0.138. The number of fused-ring (bicyclic) bond motifs is 3. The molecule has 0 unspecified atom stereocenters. The van der Waals surface area contributed by atoms with E-state index < -0.39 is 5.54 Å². The Kier molecular flexibility index (Phi) is 5.27. The summed E-state index contributed by atoms with van der Waals surface area (Å²) in [5.41, 5.74) is 0.997. The molecule has 33 heavy (non-hydrogen) atoms. The van der Waals surface area contributed by atoms with E-state index in [1.807, 2.05) is 41.8 Å². The molecule has 5 rings (SSSR count). The lowest BCUT2D eigenvalue weighted by Gasteiger charge is -2.44. The van der Waals surface area contributed by atoms with Crippen LogP contribution in [0.2, 0.25) is 0 Å². The molecule has 0 saturated heterocycles. The summed E-state index contributed by atoms with van der Waals surface area (Å²) in [5, 5.41) is 4.21. The number of anilines is 1. The molecule has 0 spiro atoms. The SMILES string of the molecule is COc1ccc(N2C(=O)c3cc4ccccc4n3C[C@@]2(C)C(=O)NC2CCCC2)cc1OC. The molecule has 1 aliphatic heterocycles. The van der Waals surface area contributed by atoms with E-state index in [2.05, 4.69) is 5.32 Å². The van der Waals surface area contributed by atoms with Crippen molar-refractivity contribution in [3.8, 4) is 11.5 Å². The molecule has 1 saturated carbocycles. The van der Waals surface area contributed by atoms with Crippen LogP contribution >= 0.6 is 0 Å². The van der Waals surface area contributed by atoms with Gasteiger partial charge in [0.2, 0.25) is 5.91 Å². The number of carbonyl (C=O) groups is 2. The molecule has 1 fully saturated rings. The van der Waals surface area contributed by atoms with Crippen molar-refractivity contribution in [2.45, 2.75) is 50.7 Å². The second kappa shape index (κ2) is 8.14. The van der Waals surface area contributed by atoms with Crippen molar-refractivity contribution >= 4 is 28.4 Å². The summed E-state index contributed by atoms with van der Waals surface area (Å²) in [6.45, 7) is 2.21. The zero-order chi connectivity index (χ0) is 23.2. The highest BCUT2D eigenvalue weighted by Crippen LogP contribution is 2.39. The second-order valence-corrected chi connectivity index (χ2v) is 9.08. The number of carbonyl (C=O) groups excluding carboxylic acids is 2. The number of hydrogen-bond acceptors (Lipinski definition) is 4. The number of hydrogen-bond donors (Lipinski definition) is 1. The van der Waals surface area contributed by atoms with Crippen molar-refractivity contribution in [3.63, 3.8) is 0 Å². The van der Waals surface area contributed by atoms with E-state index in [1.165, 1.54) is 0 Å². The maximum absolute atomic E-state index is 14.0. The van der Waals surface area contributed by atoms with Gasteiger partial charge in [-0.15, -0.1) is 0 Å². The molecule has 2 heterocycles. The highest BCUT2D eigenvalue weighted by atomic mass is 16.5. The summed E-state index contributed by atoms with van der Waals surface area (Å²) in [7, 11) is 3.13. The van der Waals surface area contributed by atoms with Crippen LogP contribution in [0.15, 0.2) is 48.5 Å². The van der Waals surface area contributed by atoms with Gasteiger partial charge in [0.1, 0.15) is 11.2 Å². The summed E-state index contributed by atoms with van der Waals surface area (Å²) in [4.78, 5) is 29.3. The standard InChI is InChI=1S/C26H29N3O4/c1-26(25(31)27-18-9-5-6-10-18)16-28-20-11-7-4-8-17(20)14-21(28)24(30)29(26)19-12-13-22(32-2)23(15-19)33-3/h4,7-8,11-15,18H,5-6,9-10,16H2,1-3H3,(H,27,31)/t26-/m0/s1. The quantitative estimate of drug-likeness (QED) is 0.638. The molecule has 1 aromatic heterocycles. The van der Waals surface area contributed by atoms with E-state index in [4.69, 9.17) is 9.47 Å². The first-order chi connectivity index (χ1) is 16.0. The van der Waals surface area contributed by atoms with Gasteiger partial charge in [-0.2, -0.15) is 0 Å². The van der Waals surface area contributed by atoms with Gasteiger partial charge in [-0.25, -0.2) is 0 Å². The van der Waals surface area contributed by atoms with Crippen molar-refractivity contribution in [2.24, 2.45) is 0 Å². The maximum Gasteiger partial charge on any atom is 0.275 e. The molecule has 2 amide bonds. The van der Waals surface area contributed by atoms with Gasteiger partial charge in [0.05, 0.1) is 20.8 Å². The first-order valence-electron chi connectivity index (χ1n) is 11.4. The van der Waals surface area contributed by atoms with Crippen molar-refractivity contribution in [1.29, 1.82) is 0 Å². The number of aromatic nitrogens is 1. The number of nitrogens with one attached hydrogen (secondary N) is 1. The molecule has 7 nitrogen and oxygen atoms in total. The summed E-state index contributed by atoms with van der Waals surface area (Å²) >= 11 is 0. The lowest BCUT2D eigenvalue weighted by Crippen LogP contribution is -2.65. The molecule has 1 atom stereocenters. The van der Waals surface area contributed by atoms with Gasteiger partial charge in [0.15, 0.2) is 11.5 Å². The summed E-state index contributed by atoms with van der Waals surface area (Å²) in [5.74, 6) is 0.721. The van der Waals surface area contributed by atoms with Gasteiger partial charge in [-0.05, 0) is 44.0 Å². The molecule has 172 valence electrons. The predicted octanol–water partition coefficient (Wildman–Crippen LogP) is 4.14. The number of amides is 2. The van der Waals surface area contributed by atoms with Crippen molar-refractivity contribution < 1.29 is 19.1 Å². The summed E-state index contributed by atoms with van der Waals surface area (Å²) in [6.07, 6.45) is 4.19. The number of methoxy groups -OCH3 is 2. The molecule has 2 aliphatic rings. The zero-order valence-corrected chi connectivity index (χ0v) is 19.3. The predicted molar refractivity (Wildman–Crippen MR) is 127 cm³/mol. The van der Waals surface area contributed by atoms with Crippen LogP contribution < -0.4 is 19.7 Å². The number of nitrogens with zero attached hydrogens (tertiary/aromatic N) is 2. The van der Waals surface area contributed by atoms with Crippen LogP contribution in [-0.4, -0.2) is 42.2 Å². The van der Waals surface area contributed by atoms with Crippen LogP contribution in [-0.2, 0) is 11.3 Å². The number of ether oxygens (including phenoxy) is 2. The van der Waals surface area contributed by atoms with E-state index in [-0.39, 0.29) is 17.9 Å². The first-order valence-corrected chi connectivity index (χ1v) is 11.4. The molecule has 0 bridgehead atoms. The van der Waals surface area contributed by atoms with Crippen LogP contribution in [0.3, 0.4) is 0 Å². The Morgan fingerprint density at radius 2 is 1.76 bits per heavy atom. The molecular weight excluding hydrogens is 418 g/mol. The third-order valence-corrected chi connectivity index (χ3v) is 7.00. The minimum atomic E-state index is -1.12. The summed E-state index contributed by atoms with van der Waals surface area (Å²) in [6, 6.07) is 15.3. The lowest BCUT2D eigenvalue weighted by molar-refractivity contribution is -0.127. The number of rotatable bonds is 5. The molecule has 1 aliphatic carbocycles. The molecule has 3 aromatic rings. The fourth-order valence-electron chi connectivity index (χ4n) is 5.23. The van der Waals surface area contributed by atoms with Gasteiger partial charge in [-0.1, -0.05) is 31.0 Å². The molecule has 1 N–H and O–H groups in total. The monoisotopic (exact) mass is 447 g/mol. The van der Waals surface area contributed by atoms with Gasteiger partial charge in [-0.3, -0.25) is 14.5 Å². The fraction of sp³-hybridized carbons (Fsp3) is 0.385. The van der Waals surface area contributed by atoms with E-state index in [1.54, 1.807) is 37.3 Å². The van der Waals surface area contributed by atoms with Crippen molar-refractivity contribution in [3.05, 3.63) is 54.2 Å². The van der Waals surface area contributed by atoms with Crippen molar-refractivity contribution in [2.75, 3.05) is 19.1 Å². The third kappa shape index (κ3) is 3.43. The van der Waals surface area contributed by atoms with E-state index in [9.17, 15) is 9.59 Å². The van der Waals surface area contributed by atoms with E-state index in [0.717, 1.165) is 36.6 Å². The fourth-order valence-corrected chi connectivity index (χ4v) is 5.23. The Balaban J connectivity index is 1.65. The van der Waals surface area contributed by atoms with Crippen molar-refractivity contribution in [1.82, 2.24) is 9.88 Å². The Bertz CT molecular complexity index is 1230. The second-order valence-electron chi connectivity index (χ2n) is 9.08. The smallest absolute Gasteiger partial charge is 0.275 e. The minimum Gasteiger partial charge on any atom is -0.493 e. The average molecular weight is 448 g/mol. The lowest BCUT2D eigenvalue weighted by atomic mass is 9.93. The average Bonchev–Trinajstić information content (AvgIpc) is 3.47. The highest BCUT2D eigenvalue weighted by molar-refractivity contribution is 6.14. The van der Waals surface area contributed by atoms with E-state index >= 15 is 0 Å². The first kappa shape index (κ1) is 21.4.